The van der Waals surface area contributed by atoms with Gasteiger partial charge in [-0.25, -0.2) is 0 Å². The monoisotopic (exact) mass is 368 g/mol. The number of hydrogen-bond donors (Lipinski definition) is 1. The Labute approximate surface area is 158 Å². The van der Waals surface area contributed by atoms with Crippen molar-refractivity contribution in [3.63, 3.8) is 0 Å². The number of nitrogens with zero attached hydrogens (tertiary/aromatic N) is 3. The van der Waals surface area contributed by atoms with Crippen LogP contribution in [0.5, 0.6) is 5.75 Å². The van der Waals surface area contributed by atoms with Gasteiger partial charge in [0.25, 0.3) is 5.91 Å². The normalized spacial score (nSPS) is 12.0. The highest BCUT2D eigenvalue weighted by Gasteiger charge is 2.16. The van der Waals surface area contributed by atoms with Crippen molar-refractivity contribution in [3.05, 3.63) is 64.3 Å². The predicted octanol–water partition coefficient (Wildman–Crippen LogP) is 3.40. The lowest BCUT2D eigenvalue weighted by Crippen LogP contribution is -2.26. The van der Waals surface area contributed by atoms with Gasteiger partial charge < -0.3 is 14.6 Å². The summed E-state index contributed by atoms with van der Waals surface area (Å²) in [6, 6.07) is 6.95. The van der Waals surface area contributed by atoms with Crippen molar-refractivity contribution in [2.24, 2.45) is 7.05 Å². The molecule has 0 radical (unpaired) electrons. The Hall–Kier alpha value is -3.09. The molecule has 0 fully saturated rings. The molecule has 7 nitrogen and oxygen atoms in total. The second-order valence-electron chi connectivity index (χ2n) is 6.65. The molecule has 1 N–H and O–H groups in total. The molecule has 0 spiro atoms. The highest BCUT2D eigenvalue weighted by Crippen LogP contribution is 2.19. The summed E-state index contributed by atoms with van der Waals surface area (Å²) in [5, 5.41) is 11.2. The van der Waals surface area contributed by atoms with E-state index in [1.807, 2.05) is 40.9 Å². The van der Waals surface area contributed by atoms with Crippen molar-refractivity contribution in [3.8, 4) is 5.75 Å². The van der Waals surface area contributed by atoms with Gasteiger partial charge in [-0.1, -0.05) is 5.16 Å². The molecule has 2 aromatic heterocycles. The zero-order valence-electron chi connectivity index (χ0n) is 16.2. The van der Waals surface area contributed by atoms with E-state index in [1.165, 1.54) is 0 Å². The molecule has 0 aliphatic rings. The average Bonchev–Trinajstić information content (AvgIpc) is 3.14. The van der Waals surface area contributed by atoms with Crippen molar-refractivity contribution in [2.45, 2.75) is 40.3 Å². The second kappa shape index (κ2) is 7.65. The van der Waals surface area contributed by atoms with E-state index in [1.54, 1.807) is 28.9 Å². The van der Waals surface area contributed by atoms with Crippen molar-refractivity contribution < 1.29 is 14.1 Å². The minimum atomic E-state index is -0.136. The average molecular weight is 368 g/mol. The number of carbonyl (C=O) groups excluding carboxylic acids is 1. The third-order valence-corrected chi connectivity index (χ3v) is 4.55. The van der Waals surface area contributed by atoms with Crippen LogP contribution < -0.4 is 10.1 Å². The minimum Gasteiger partial charge on any atom is -0.489 e. The van der Waals surface area contributed by atoms with Gasteiger partial charge in [-0.3, -0.25) is 9.48 Å². The van der Waals surface area contributed by atoms with E-state index >= 15 is 0 Å². The summed E-state index contributed by atoms with van der Waals surface area (Å²) < 4.78 is 12.7. The molecule has 0 bridgehead atoms. The summed E-state index contributed by atoms with van der Waals surface area (Å²) in [6.07, 6.45) is 1.92. The first-order chi connectivity index (χ1) is 12.8. The topological polar surface area (TPSA) is 82.2 Å². The molecular formula is C20H24N4O3. The first-order valence-corrected chi connectivity index (χ1v) is 8.80. The Bertz CT molecular complexity index is 921. The molecule has 0 saturated carbocycles. The molecule has 142 valence electrons. The van der Waals surface area contributed by atoms with E-state index in [4.69, 9.17) is 9.26 Å². The number of nitrogens with one attached hydrogen (secondary N) is 1. The zero-order valence-corrected chi connectivity index (χ0v) is 16.2. The van der Waals surface area contributed by atoms with E-state index in [-0.39, 0.29) is 11.9 Å². The van der Waals surface area contributed by atoms with Crippen LogP contribution in [0.3, 0.4) is 0 Å². The first-order valence-electron chi connectivity index (χ1n) is 8.80. The molecule has 1 amide bonds. The van der Waals surface area contributed by atoms with E-state index in [0.717, 1.165) is 28.3 Å². The zero-order chi connectivity index (χ0) is 19.6. The van der Waals surface area contributed by atoms with Crippen molar-refractivity contribution in [1.29, 1.82) is 0 Å². The van der Waals surface area contributed by atoms with Crippen LogP contribution in [0.15, 0.2) is 35.0 Å². The van der Waals surface area contributed by atoms with Crippen molar-refractivity contribution >= 4 is 5.91 Å². The number of hydrogen-bond acceptors (Lipinski definition) is 5. The third kappa shape index (κ3) is 4.19. The molecule has 27 heavy (non-hydrogen) atoms. The number of rotatable bonds is 6. The van der Waals surface area contributed by atoms with Crippen LogP contribution in [0.1, 0.15) is 51.6 Å². The van der Waals surface area contributed by atoms with Crippen molar-refractivity contribution in [1.82, 2.24) is 20.3 Å². The van der Waals surface area contributed by atoms with Gasteiger partial charge in [-0.05, 0) is 52.0 Å². The third-order valence-electron chi connectivity index (χ3n) is 4.55. The van der Waals surface area contributed by atoms with Crippen LogP contribution in [0.2, 0.25) is 0 Å². The van der Waals surface area contributed by atoms with Gasteiger partial charge in [0.2, 0.25) is 0 Å². The molecule has 3 aromatic rings. The molecule has 1 atom stereocenters. The Morgan fingerprint density at radius 2 is 1.93 bits per heavy atom. The highest BCUT2D eigenvalue weighted by atomic mass is 16.5. The van der Waals surface area contributed by atoms with Gasteiger partial charge in [0.1, 0.15) is 18.1 Å². The number of aryl methyl sites for hydroxylation is 4. The van der Waals surface area contributed by atoms with Gasteiger partial charge in [0.15, 0.2) is 0 Å². The first kappa shape index (κ1) is 18.7. The quantitative estimate of drug-likeness (QED) is 0.721. The van der Waals surface area contributed by atoms with E-state index < -0.39 is 0 Å². The minimum absolute atomic E-state index is 0.123. The Kier molecular flexibility index (Phi) is 5.30. The predicted molar refractivity (Wildman–Crippen MR) is 101 cm³/mol. The Balaban J connectivity index is 1.61. The van der Waals surface area contributed by atoms with Crippen molar-refractivity contribution in [2.75, 3.05) is 0 Å². The summed E-state index contributed by atoms with van der Waals surface area (Å²) in [5.74, 6) is 1.30. The van der Waals surface area contributed by atoms with E-state index in [0.29, 0.717) is 17.9 Å². The number of aromatic nitrogens is 3. The largest absolute Gasteiger partial charge is 0.489 e. The number of amides is 1. The lowest BCUT2D eigenvalue weighted by atomic mass is 10.1. The standard InChI is InChI=1S/C20H24N4O3/c1-12(18-10-24(5)22-13(18)2)21-20(25)16-6-8-17(9-7-16)26-11-19-14(3)23-27-15(19)4/h6-10,12H,11H2,1-5H3,(H,21,25). The summed E-state index contributed by atoms with van der Waals surface area (Å²) in [5.41, 5.74) is 4.26. The molecule has 7 heteroatoms. The van der Waals surface area contributed by atoms with Crippen LogP contribution in [0, 0.1) is 20.8 Å². The number of benzene rings is 1. The maximum atomic E-state index is 12.5. The summed E-state index contributed by atoms with van der Waals surface area (Å²) in [6.45, 7) is 8.00. The van der Waals surface area contributed by atoms with Crippen LogP contribution in [0.25, 0.3) is 0 Å². The molecular weight excluding hydrogens is 344 g/mol. The SMILES string of the molecule is Cc1nn(C)cc1C(C)NC(=O)c1ccc(OCc2c(C)noc2C)cc1. The lowest BCUT2D eigenvalue weighted by Gasteiger charge is -2.13. The van der Waals surface area contributed by atoms with E-state index in [9.17, 15) is 4.79 Å². The molecule has 0 aliphatic carbocycles. The fourth-order valence-electron chi connectivity index (χ4n) is 2.97. The van der Waals surface area contributed by atoms with E-state index in [2.05, 4.69) is 15.6 Å². The Morgan fingerprint density at radius 1 is 1.22 bits per heavy atom. The van der Waals surface area contributed by atoms with Gasteiger partial charge in [-0.15, -0.1) is 0 Å². The second-order valence-corrected chi connectivity index (χ2v) is 6.65. The maximum absolute atomic E-state index is 12.5. The molecule has 0 aliphatic heterocycles. The summed E-state index contributed by atoms with van der Waals surface area (Å²) in [7, 11) is 1.87. The molecule has 1 aromatic carbocycles. The number of carbonyl (C=O) groups is 1. The van der Waals surface area contributed by atoms with Gasteiger partial charge in [0, 0.05) is 24.4 Å². The van der Waals surface area contributed by atoms with Crippen LogP contribution in [0.4, 0.5) is 0 Å². The van der Waals surface area contributed by atoms with Crippen LogP contribution in [-0.4, -0.2) is 20.8 Å². The fourth-order valence-corrected chi connectivity index (χ4v) is 2.97. The van der Waals surface area contributed by atoms with Gasteiger partial charge in [0.05, 0.1) is 23.0 Å². The smallest absolute Gasteiger partial charge is 0.251 e. The lowest BCUT2D eigenvalue weighted by molar-refractivity contribution is 0.0940. The fraction of sp³-hybridized carbons (Fsp3) is 0.350. The summed E-state index contributed by atoms with van der Waals surface area (Å²) in [4.78, 5) is 12.5. The molecule has 1 unspecified atom stereocenters. The molecule has 3 rings (SSSR count). The van der Waals surface area contributed by atoms with Crippen LogP contribution in [-0.2, 0) is 13.7 Å². The number of ether oxygens (including phenoxy) is 1. The summed E-state index contributed by atoms with van der Waals surface area (Å²) >= 11 is 0. The maximum Gasteiger partial charge on any atom is 0.251 e. The van der Waals surface area contributed by atoms with Gasteiger partial charge in [-0.2, -0.15) is 5.10 Å². The van der Waals surface area contributed by atoms with Gasteiger partial charge >= 0.3 is 0 Å². The molecule has 2 heterocycles. The Morgan fingerprint density at radius 3 is 2.48 bits per heavy atom. The highest BCUT2D eigenvalue weighted by molar-refractivity contribution is 5.94. The van der Waals surface area contributed by atoms with Crippen LogP contribution >= 0.6 is 0 Å². The molecule has 0 saturated heterocycles.